The van der Waals surface area contributed by atoms with Crippen molar-refractivity contribution in [3.63, 3.8) is 0 Å². The van der Waals surface area contributed by atoms with Gasteiger partial charge in [-0.1, -0.05) is 22.4 Å². The maximum atomic E-state index is 13.7. The van der Waals surface area contributed by atoms with Crippen molar-refractivity contribution < 1.29 is 18.2 Å². The van der Waals surface area contributed by atoms with Gasteiger partial charge in [-0.15, -0.1) is 0 Å². The van der Waals surface area contributed by atoms with Gasteiger partial charge >= 0.3 is 0 Å². The van der Waals surface area contributed by atoms with Crippen LogP contribution in [-0.4, -0.2) is 33.5 Å². The van der Waals surface area contributed by atoms with E-state index >= 15 is 0 Å². The Bertz CT molecular complexity index is 826. The summed E-state index contributed by atoms with van der Waals surface area (Å²) in [5.74, 6) is 1.65. The maximum Gasteiger partial charge on any atom is 0.227 e. The second kappa shape index (κ2) is 6.48. The lowest BCUT2D eigenvalue weighted by Gasteiger charge is -1.97. The lowest BCUT2D eigenvalue weighted by atomic mass is 10.1. The maximum absolute atomic E-state index is 13.7. The number of hydrogen-bond donors (Lipinski definition) is 0. The summed E-state index contributed by atoms with van der Waals surface area (Å²) < 4.78 is 29.4. The fraction of sp³-hybridized carbons (Fsp3) is 0.375. The van der Waals surface area contributed by atoms with Gasteiger partial charge < -0.3 is 13.8 Å². The molecule has 3 aromatic rings. The van der Waals surface area contributed by atoms with Crippen LogP contribution in [0.25, 0.3) is 11.4 Å². The molecule has 0 saturated carbocycles. The largest absolute Gasteiger partial charge is 0.381 e. The molecule has 0 spiro atoms. The van der Waals surface area contributed by atoms with Crippen molar-refractivity contribution in [2.75, 3.05) is 13.2 Å². The van der Waals surface area contributed by atoms with E-state index in [2.05, 4.69) is 20.3 Å². The Hall–Kier alpha value is -2.61. The summed E-state index contributed by atoms with van der Waals surface area (Å²) in [4.78, 5) is 8.59. The summed E-state index contributed by atoms with van der Waals surface area (Å²) in [6, 6.07) is 6.31. The Morgan fingerprint density at radius 2 is 1.83 bits per heavy atom. The summed E-state index contributed by atoms with van der Waals surface area (Å²) in [6.45, 7) is 1.37. The van der Waals surface area contributed by atoms with Crippen molar-refractivity contribution in [3.8, 4) is 11.4 Å². The van der Waals surface area contributed by atoms with Crippen LogP contribution >= 0.6 is 0 Å². The molecule has 1 aliphatic heterocycles. The summed E-state index contributed by atoms with van der Waals surface area (Å²) in [7, 11) is 0. The Kier molecular flexibility index (Phi) is 4.04. The second-order valence-corrected chi connectivity index (χ2v) is 5.60. The van der Waals surface area contributed by atoms with Crippen LogP contribution in [-0.2, 0) is 17.6 Å². The zero-order valence-electron chi connectivity index (χ0n) is 12.8. The fourth-order valence-corrected chi connectivity index (χ4v) is 2.60. The molecular weight excluding hydrogens is 315 g/mol. The summed E-state index contributed by atoms with van der Waals surface area (Å²) in [5.41, 5.74) is 0.314. The molecule has 1 aromatic carbocycles. The van der Waals surface area contributed by atoms with Crippen LogP contribution in [0.4, 0.5) is 4.39 Å². The van der Waals surface area contributed by atoms with Crippen LogP contribution in [0.2, 0.25) is 0 Å². The highest BCUT2D eigenvalue weighted by Gasteiger charge is 2.23. The SMILES string of the molecule is Fc1ccccc1-c1noc(CCc2nc([C@H]3CCOC3)no2)n1. The second-order valence-electron chi connectivity index (χ2n) is 5.60. The first-order valence-corrected chi connectivity index (χ1v) is 7.77. The number of nitrogens with zero attached hydrogens (tertiary/aromatic N) is 4. The number of ether oxygens (including phenoxy) is 1. The Balaban J connectivity index is 1.41. The number of halogens is 1. The molecule has 3 heterocycles. The van der Waals surface area contributed by atoms with Crippen LogP contribution < -0.4 is 0 Å². The standard InChI is InChI=1S/C16H15FN4O3/c17-12-4-2-1-3-11(12)16-19-14(24-21-16)6-5-13-18-15(20-23-13)10-7-8-22-9-10/h1-4,10H,5-9H2/t10-/m0/s1. The third-order valence-electron chi connectivity index (χ3n) is 3.91. The molecule has 0 unspecified atom stereocenters. The smallest absolute Gasteiger partial charge is 0.227 e. The van der Waals surface area contributed by atoms with Gasteiger partial charge in [0.05, 0.1) is 12.2 Å². The van der Waals surface area contributed by atoms with Gasteiger partial charge in [-0.3, -0.25) is 0 Å². The lowest BCUT2D eigenvalue weighted by molar-refractivity contribution is 0.192. The molecule has 0 aliphatic carbocycles. The molecule has 0 N–H and O–H groups in total. The highest BCUT2D eigenvalue weighted by Crippen LogP contribution is 2.23. The molecule has 7 nitrogen and oxygen atoms in total. The summed E-state index contributed by atoms with van der Waals surface area (Å²) >= 11 is 0. The van der Waals surface area contributed by atoms with Crippen LogP contribution in [0.1, 0.15) is 29.9 Å². The normalized spacial score (nSPS) is 17.5. The molecule has 4 rings (SSSR count). The number of benzene rings is 1. The van der Waals surface area contributed by atoms with Crippen molar-refractivity contribution in [2.45, 2.75) is 25.2 Å². The molecule has 1 atom stereocenters. The van der Waals surface area contributed by atoms with Crippen molar-refractivity contribution in [1.29, 1.82) is 0 Å². The molecule has 1 aliphatic rings. The predicted octanol–water partition coefficient (Wildman–Crippen LogP) is 2.55. The van der Waals surface area contributed by atoms with Gasteiger partial charge in [0.15, 0.2) is 5.82 Å². The molecule has 124 valence electrons. The third-order valence-corrected chi connectivity index (χ3v) is 3.91. The molecule has 0 bridgehead atoms. The van der Waals surface area contributed by atoms with Crippen molar-refractivity contribution in [2.24, 2.45) is 0 Å². The Morgan fingerprint density at radius 1 is 1.04 bits per heavy atom. The Morgan fingerprint density at radius 3 is 2.62 bits per heavy atom. The monoisotopic (exact) mass is 330 g/mol. The van der Waals surface area contributed by atoms with Gasteiger partial charge in [-0.2, -0.15) is 9.97 Å². The fourth-order valence-electron chi connectivity index (χ4n) is 2.60. The zero-order chi connectivity index (χ0) is 16.4. The molecule has 1 saturated heterocycles. The molecule has 24 heavy (non-hydrogen) atoms. The van der Waals surface area contributed by atoms with Crippen LogP contribution in [0.15, 0.2) is 33.3 Å². The highest BCUT2D eigenvalue weighted by molar-refractivity contribution is 5.54. The molecule has 0 radical (unpaired) electrons. The average molecular weight is 330 g/mol. The van der Waals surface area contributed by atoms with Gasteiger partial charge in [0.1, 0.15) is 5.82 Å². The minimum Gasteiger partial charge on any atom is -0.381 e. The van der Waals surface area contributed by atoms with Crippen LogP contribution in [0, 0.1) is 5.82 Å². The van der Waals surface area contributed by atoms with Gasteiger partial charge in [-0.25, -0.2) is 4.39 Å². The van der Waals surface area contributed by atoms with E-state index in [0.717, 1.165) is 13.0 Å². The van der Waals surface area contributed by atoms with E-state index in [1.807, 2.05) is 0 Å². The van der Waals surface area contributed by atoms with E-state index in [1.165, 1.54) is 6.07 Å². The van der Waals surface area contributed by atoms with E-state index in [9.17, 15) is 4.39 Å². The summed E-state index contributed by atoms with van der Waals surface area (Å²) in [5, 5.41) is 7.81. The number of hydrogen-bond acceptors (Lipinski definition) is 7. The van der Waals surface area contributed by atoms with Gasteiger partial charge in [0.25, 0.3) is 0 Å². The molecule has 1 fully saturated rings. The first-order valence-electron chi connectivity index (χ1n) is 7.77. The molecule has 2 aromatic heterocycles. The Labute approximate surface area is 136 Å². The quantitative estimate of drug-likeness (QED) is 0.710. The highest BCUT2D eigenvalue weighted by atomic mass is 19.1. The topological polar surface area (TPSA) is 87.1 Å². The van der Waals surface area contributed by atoms with E-state index in [4.69, 9.17) is 13.8 Å². The first-order chi connectivity index (χ1) is 11.8. The predicted molar refractivity (Wildman–Crippen MR) is 79.6 cm³/mol. The van der Waals surface area contributed by atoms with Crippen LogP contribution in [0.5, 0.6) is 0 Å². The minimum atomic E-state index is -0.384. The van der Waals surface area contributed by atoms with Crippen molar-refractivity contribution in [3.05, 3.63) is 47.7 Å². The third kappa shape index (κ3) is 3.05. The van der Waals surface area contributed by atoms with E-state index in [-0.39, 0.29) is 17.6 Å². The van der Waals surface area contributed by atoms with E-state index in [1.54, 1.807) is 18.2 Å². The molecular formula is C16H15FN4O3. The summed E-state index contributed by atoms with van der Waals surface area (Å²) in [6.07, 6.45) is 1.85. The van der Waals surface area contributed by atoms with Crippen molar-refractivity contribution >= 4 is 0 Å². The molecule has 8 heteroatoms. The van der Waals surface area contributed by atoms with Gasteiger partial charge in [0, 0.05) is 25.4 Å². The van der Waals surface area contributed by atoms with Crippen molar-refractivity contribution in [1.82, 2.24) is 20.3 Å². The lowest BCUT2D eigenvalue weighted by Crippen LogP contribution is -2.00. The van der Waals surface area contributed by atoms with Gasteiger partial charge in [-0.05, 0) is 18.6 Å². The van der Waals surface area contributed by atoms with E-state index < -0.39 is 0 Å². The molecule has 0 amide bonds. The number of aryl methyl sites for hydroxylation is 2. The zero-order valence-corrected chi connectivity index (χ0v) is 12.8. The van der Waals surface area contributed by atoms with Crippen LogP contribution in [0.3, 0.4) is 0 Å². The van der Waals surface area contributed by atoms with E-state index in [0.29, 0.717) is 42.6 Å². The minimum absolute atomic E-state index is 0.207. The van der Waals surface area contributed by atoms with Gasteiger partial charge in [0.2, 0.25) is 17.6 Å². The number of aromatic nitrogens is 4. The average Bonchev–Trinajstić information content (AvgIpc) is 3.34. The first kappa shape index (κ1) is 14.9. The number of rotatable bonds is 5.